The van der Waals surface area contributed by atoms with Crippen molar-refractivity contribution in [3.05, 3.63) is 87.9 Å². The number of rotatable bonds is 9. The Morgan fingerprint density at radius 2 is 1.71 bits per heavy atom. The minimum absolute atomic E-state index is 0.0436. The van der Waals surface area contributed by atoms with Gasteiger partial charge in [-0.1, -0.05) is 55.0 Å². The molecule has 0 fully saturated rings. The van der Waals surface area contributed by atoms with E-state index in [2.05, 4.69) is 10.6 Å². The standard InChI is InChI=1S/C27H30FN3O3S/c1-5-27(3,4)30-26(34)24(19-14-12-18(2)13-15-19)31(21-10-7-6-9-20(21)28)23(32)17-29-25(33)22-11-8-16-35-22/h6-16,24H,5,17H2,1-4H3,(H,29,33)(H,30,34). The molecule has 184 valence electrons. The third-order valence-corrected chi connectivity index (χ3v) is 6.64. The predicted octanol–water partition coefficient (Wildman–Crippen LogP) is 5.00. The number of thiophene rings is 1. The van der Waals surface area contributed by atoms with E-state index in [0.717, 1.165) is 10.5 Å². The molecule has 3 aromatic rings. The van der Waals surface area contributed by atoms with Crippen molar-refractivity contribution in [1.82, 2.24) is 10.6 Å². The maximum Gasteiger partial charge on any atom is 0.261 e. The molecule has 35 heavy (non-hydrogen) atoms. The number of carbonyl (C=O) groups excluding carboxylic acids is 3. The second-order valence-corrected chi connectivity index (χ2v) is 9.86. The molecule has 8 heteroatoms. The Morgan fingerprint density at radius 1 is 1.03 bits per heavy atom. The summed E-state index contributed by atoms with van der Waals surface area (Å²) in [7, 11) is 0. The number of hydrogen-bond donors (Lipinski definition) is 2. The van der Waals surface area contributed by atoms with Crippen LogP contribution in [0.3, 0.4) is 0 Å². The first-order chi connectivity index (χ1) is 16.6. The topological polar surface area (TPSA) is 78.5 Å². The van der Waals surface area contributed by atoms with Crippen LogP contribution >= 0.6 is 11.3 Å². The van der Waals surface area contributed by atoms with Crippen molar-refractivity contribution in [2.75, 3.05) is 11.4 Å². The molecular formula is C27H30FN3O3S. The fourth-order valence-electron chi connectivity index (χ4n) is 3.46. The van der Waals surface area contributed by atoms with E-state index in [1.54, 1.807) is 35.7 Å². The molecule has 3 amide bonds. The highest BCUT2D eigenvalue weighted by molar-refractivity contribution is 7.12. The zero-order valence-corrected chi connectivity index (χ0v) is 21.1. The van der Waals surface area contributed by atoms with Crippen LogP contribution in [-0.2, 0) is 9.59 Å². The number of para-hydroxylation sites is 1. The minimum Gasteiger partial charge on any atom is -0.349 e. The average molecular weight is 496 g/mol. The highest BCUT2D eigenvalue weighted by atomic mass is 32.1. The van der Waals surface area contributed by atoms with E-state index >= 15 is 4.39 Å². The molecule has 6 nitrogen and oxygen atoms in total. The van der Waals surface area contributed by atoms with Crippen molar-refractivity contribution in [2.45, 2.75) is 45.7 Å². The highest BCUT2D eigenvalue weighted by Crippen LogP contribution is 2.31. The molecule has 1 heterocycles. The minimum atomic E-state index is -1.15. The maximum absolute atomic E-state index is 15.0. The number of nitrogens with one attached hydrogen (secondary N) is 2. The molecule has 2 N–H and O–H groups in total. The number of amides is 3. The summed E-state index contributed by atoms with van der Waals surface area (Å²) in [6.45, 7) is 7.22. The van der Waals surface area contributed by atoms with Crippen molar-refractivity contribution in [1.29, 1.82) is 0 Å². The molecule has 0 spiro atoms. The molecule has 0 bridgehead atoms. The van der Waals surface area contributed by atoms with Crippen LogP contribution in [0.4, 0.5) is 10.1 Å². The van der Waals surface area contributed by atoms with Gasteiger partial charge in [0.15, 0.2) is 0 Å². The van der Waals surface area contributed by atoms with Crippen LogP contribution in [0.25, 0.3) is 0 Å². The normalized spacial score (nSPS) is 12.0. The molecule has 0 saturated heterocycles. The molecule has 0 aliphatic carbocycles. The number of benzene rings is 2. The molecule has 0 aliphatic rings. The van der Waals surface area contributed by atoms with Crippen LogP contribution in [0.15, 0.2) is 66.0 Å². The van der Waals surface area contributed by atoms with Gasteiger partial charge >= 0.3 is 0 Å². The van der Waals surface area contributed by atoms with Crippen molar-refractivity contribution < 1.29 is 18.8 Å². The lowest BCUT2D eigenvalue weighted by Gasteiger charge is -2.34. The second-order valence-electron chi connectivity index (χ2n) is 8.92. The summed E-state index contributed by atoms with van der Waals surface area (Å²) in [4.78, 5) is 41.2. The molecule has 1 aromatic heterocycles. The first kappa shape index (κ1) is 26.1. The van der Waals surface area contributed by atoms with E-state index in [9.17, 15) is 14.4 Å². The lowest BCUT2D eigenvalue weighted by molar-refractivity contribution is -0.127. The average Bonchev–Trinajstić information content (AvgIpc) is 3.37. The fourth-order valence-corrected chi connectivity index (χ4v) is 4.10. The predicted molar refractivity (Wildman–Crippen MR) is 137 cm³/mol. The molecule has 0 radical (unpaired) electrons. The molecule has 1 atom stereocenters. The van der Waals surface area contributed by atoms with Gasteiger partial charge in [-0.15, -0.1) is 11.3 Å². The van der Waals surface area contributed by atoms with E-state index in [1.807, 2.05) is 39.8 Å². The second kappa shape index (κ2) is 11.3. The van der Waals surface area contributed by atoms with Gasteiger partial charge in [0.2, 0.25) is 11.8 Å². The summed E-state index contributed by atoms with van der Waals surface area (Å²) in [6.07, 6.45) is 0.657. The summed E-state index contributed by atoms with van der Waals surface area (Å²) in [5.41, 5.74) is 0.921. The van der Waals surface area contributed by atoms with E-state index in [0.29, 0.717) is 16.9 Å². The Bertz CT molecular complexity index is 1180. The number of nitrogens with zero attached hydrogens (tertiary/aromatic N) is 1. The number of halogens is 1. The van der Waals surface area contributed by atoms with Crippen LogP contribution in [0.2, 0.25) is 0 Å². The summed E-state index contributed by atoms with van der Waals surface area (Å²) in [5.74, 6) is -2.12. The van der Waals surface area contributed by atoms with Gasteiger partial charge in [-0.05, 0) is 56.3 Å². The zero-order valence-electron chi connectivity index (χ0n) is 20.3. The van der Waals surface area contributed by atoms with Crippen LogP contribution < -0.4 is 15.5 Å². The van der Waals surface area contributed by atoms with Gasteiger partial charge in [-0.25, -0.2) is 4.39 Å². The molecule has 0 aliphatic heterocycles. The van der Waals surface area contributed by atoms with E-state index in [-0.39, 0.29) is 5.69 Å². The lowest BCUT2D eigenvalue weighted by Crippen LogP contribution is -2.52. The van der Waals surface area contributed by atoms with Crippen LogP contribution in [0.5, 0.6) is 0 Å². The van der Waals surface area contributed by atoms with E-state index < -0.39 is 41.7 Å². The Kier molecular flexibility index (Phi) is 8.40. The Balaban J connectivity index is 2.04. The van der Waals surface area contributed by atoms with Gasteiger partial charge < -0.3 is 10.6 Å². The number of hydrogen-bond acceptors (Lipinski definition) is 4. The number of aryl methyl sites for hydroxylation is 1. The van der Waals surface area contributed by atoms with Gasteiger partial charge in [0, 0.05) is 5.54 Å². The molecular weight excluding hydrogens is 465 g/mol. The van der Waals surface area contributed by atoms with Gasteiger partial charge in [0.25, 0.3) is 5.91 Å². The summed E-state index contributed by atoms with van der Waals surface area (Å²) in [6, 6.07) is 15.2. The lowest BCUT2D eigenvalue weighted by atomic mass is 9.97. The van der Waals surface area contributed by atoms with Gasteiger partial charge in [-0.2, -0.15) is 0 Å². The van der Waals surface area contributed by atoms with Crippen LogP contribution in [0, 0.1) is 12.7 Å². The van der Waals surface area contributed by atoms with Gasteiger partial charge in [-0.3, -0.25) is 19.3 Å². The molecule has 0 saturated carbocycles. The molecule has 3 rings (SSSR count). The molecule has 1 unspecified atom stereocenters. The van der Waals surface area contributed by atoms with Crippen molar-refractivity contribution in [2.24, 2.45) is 0 Å². The highest BCUT2D eigenvalue weighted by Gasteiger charge is 2.36. The quantitative estimate of drug-likeness (QED) is 0.438. The van der Waals surface area contributed by atoms with Crippen molar-refractivity contribution >= 4 is 34.7 Å². The van der Waals surface area contributed by atoms with Crippen LogP contribution in [-0.4, -0.2) is 29.8 Å². The Hall–Kier alpha value is -3.52. The van der Waals surface area contributed by atoms with Crippen molar-refractivity contribution in [3.8, 4) is 0 Å². The number of carbonyl (C=O) groups is 3. The third kappa shape index (κ3) is 6.54. The van der Waals surface area contributed by atoms with E-state index in [4.69, 9.17) is 0 Å². The Labute approximate surface area is 209 Å². The monoisotopic (exact) mass is 495 g/mol. The Morgan fingerprint density at radius 3 is 2.31 bits per heavy atom. The van der Waals surface area contributed by atoms with Crippen molar-refractivity contribution in [3.63, 3.8) is 0 Å². The summed E-state index contributed by atoms with van der Waals surface area (Å²) in [5, 5.41) is 7.34. The summed E-state index contributed by atoms with van der Waals surface area (Å²) < 4.78 is 15.0. The van der Waals surface area contributed by atoms with E-state index in [1.165, 1.54) is 29.5 Å². The third-order valence-electron chi connectivity index (χ3n) is 5.77. The molecule has 2 aromatic carbocycles. The van der Waals surface area contributed by atoms with Crippen LogP contribution in [0.1, 0.15) is 54.0 Å². The zero-order chi connectivity index (χ0) is 25.6. The summed E-state index contributed by atoms with van der Waals surface area (Å²) >= 11 is 1.25. The fraction of sp³-hybridized carbons (Fsp3) is 0.296. The van der Waals surface area contributed by atoms with Gasteiger partial charge in [0.05, 0.1) is 17.1 Å². The SMILES string of the molecule is CCC(C)(C)NC(=O)C(c1ccc(C)cc1)N(C(=O)CNC(=O)c1cccs1)c1ccccc1F. The maximum atomic E-state index is 15.0. The first-order valence-corrected chi connectivity index (χ1v) is 12.3. The first-order valence-electron chi connectivity index (χ1n) is 11.4. The van der Waals surface area contributed by atoms with Gasteiger partial charge in [0.1, 0.15) is 11.9 Å². The smallest absolute Gasteiger partial charge is 0.261 e. The number of anilines is 1. The largest absolute Gasteiger partial charge is 0.349 e.